The number of nitrogens with one attached hydrogen (secondary N) is 1. The van der Waals surface area contributed by atoms with Crippen molar-refractivity contribution in [1.29, 1.82) is 0 Å². The van der Waals surface area contributed by atoms with Crippen LogP contribution in [0.3, 0.4) is 0 Å². The molecule has 1 amide bonds. The van der Waals surface area contributed by atoms with Crippen molar-refractivity contribution in [3.05, 3.63) is 76.4 Å². The van der Waals surface area contributed by atoms with Crippen molar-refractivity contribution in [2.24, 2.45) is 0 Å². The number of carbonyl (C=O) groups is 1. The minimum atomic E-state index is 0.104. The number of anilines is 3. The summed E-state index contributed by atoms with van der Waals surface area (Å²) in [5.41, 5.74) is 1.72. The standard InChI is InChI=1S/C22H21Cl2N5O/c23-17-5-3-4-16(14-17)15-21(30)28-10-12-29(13-11-28)22-25-9-8-20(27-22)26-19-7-2-1-6-18(19)24/h1-9,14H,10-13,15H2,(H,25,26,27). The number of hydrogen-bond acceptors (Lipinski definition) is 5. The van der Waals surface area contributed by atoms with Crippen molar-refractivity contribution in [1.82, 2.24) is 14.9 Å². The largest absolute Gasteiger partial charge is 0.339 e. The maximum Gasteiger partial charge on any atom is 0.227 e. The molecule has 0 unspecified atom stereocenters. The number of carbonyl (C=O) groups excluding carboxylic acids is 1. The third-order valence-corrected chi connectivity index (χ3v) is 5.50. The van der Waals surface area contributed by atoms with Crippen LogP contribution in [0, 0.1) is 0 Å². The van der Waals surface area contributed by atoms with Gasteiger partial charge in [-0.3, -0.25) is 4.79 Å². The zero-order valence-corrected chi connectivity index (χ0v) is 17.8. The minimum Gasteiger partial charge on any atom is -0.339 e. The molecule has 1 fully saturated rings. The lowest BCUT2D eigenvalue weighted by Crippen LogP contribution is -2.49. The second kappa shape index (κ2) is 9.32. The first kappa shape index (κ1) is 20.4. The van der Waals surface area contributed by atoms with Crippen LogP contribution in [-0.2, 0) is 11.2 Å². The van der Waals surface area contributed by atoms with E-state index in [1.807, 2.05) is 53.4 Å². The van der Waals surface area contributed by atoms with Crippen molar-refractivity contribution >= 4 is 46.6 Å². The van der Waals surface area contributed by atoms with E-state index in [2.05, 4.69) is 20.2 Å². The Bertz CT molecular complexity index is 1040. The average Bonchev–Trinajstić information content (AvgIpc) is 2.76. The third-order valence-electron chi connectivity index (χ3n) is 4.94. The SMILES string of the molecule is O=C(Cc1cccc(Cl)c1)N1CCN(c2nccc(Nc3ccccc3Cl)n2)CC1. The van der Waals surface area contributed by atoms with Crippen LogP contribution in [-0.4, -0.2) is 47.0 Å². The van der Waals surface area contributed by atoms with Crippen molar-refractivity contribution < 1.29 is 4.79 Å². The van der Waals surface area contributed by atoms with Gasteiger partial charge in [0.05, 0.1) is 17.1 Å². The number of aromatic nitrogens is 2. The van der Waals surface area contributed by atoms with Gasteiger partial charge in [0, 0.05) is 37.4 Å². The van der Waals surface area contributed by atoms with Crippen molar-refractivity contribution in [3.8, 4) is 0 Å². The summed E-state index contributed by atoms with van der Waals surface area (Å²) < 4.78 is 0. The molecule has 0 radical (unpaired) electrons. The Kier molecular flexibility index (Phi) is 6.35. The second-order valence-electron chi connectivity index (χ2n) is 7.02. The zero-order chi connectivity index (χ0) is 20.9. The number of rotatable bonds is 5. The van der Waals surface area contributed by atoms with E-state index in [9.17, 15) is 4.79 Å². The molecular weight excluding hydrogens is 421 g/mol. The number of piperazine rings is 1. The lowest BCUT2D eigenvalue weighted by Gasteiger charge is -2.35. The fourth-order valence-electron chi connectivity index (χ4n) is 3.36. The van der Waals surface area contributed by atoms with E-state index in [4.69, 9.17) is 23.2 Å². The normalized spacial score (nSPS) is 13.9. The van der Waals surface area contributed by atoms with Crippen LogP contribution in [0.25, 0.3) is 0 Å². The maximum absolute atomic E-state index is 12.6. The van der Waals surface area contributed by atoms with Crippen LogP contribution in [0.1, 0.15) is 5.56 Å². The van der Waals surface area contributed by atoms with Crippen LogP contribution in [0.2, 0.25) is 10.0 Å². The Morgan fingerprint density at radius 2 is 1.80 bits per heavy atom. The van der Waals surface area contributed by atoms with Gasteiger partial charge in [-0.1, -0.05) is 47.5 Å². The molecule has 1 N–H and O–H groups in total. The van der Waals surface area contributed by atoms with Gasteiger partial charge in [0.2, 0.25) is 11.9 Å². The highest BCUT2D eigenvalue weighted by atomic mass is 35.5. The number of benzene rings is 2. The fraction of sp³-hybridized carbons (Fsp3) is 0.227. The Labute approximate surface area is 185 Å². The van der Waals surface area contributed by atoms with Gasteiger partial charge in [0.25, 0.3) is 0 Å². The zero-order valence-electron chi connectivity index (χ0n) is 16.3. The molecule has 2 aromatic carbocycles. The lowest BCUT2D eigenvalue weighted by atomic mass is 10.1. The van der Waals surface area contributed by atoms with Crippen LogP contribution < -0.4 is 10.2 Å². The molecule has 0 aliphatic carbocycles. The summed E-state index contributed by atoms with van der Waals surface area (Å²) in [7, 11) is 0. The molecule has 154 valence electrons. The van der Waals surface area contributed by atoms with Crippen LogP contribution in [0.15, 0.2) is 60.8 Å². The molecule has 4 rings (SSSR count). The van der Waals surface area contributed by atoms with Crippen molar-refractivity contribution in [2.45, 2.75) is 6.42 Å². The number of amides is 1. The van der Waals surface area contributed by atoms with E-state index in [0.717, 1.165) is 11.3 Å². The van der Waals surface area contributed by atoms with E-state index >= 15 is 0 Å². The predicted molar refractivity (Wildman–Crippen MR) is 121 cm³/mol. The molecule has 1 aliphatic heterocycles. The molecule has 0 spiro atoms. The summed E-state index contributed by atoms with van der Waals surface area (Å²) >= 11 is 12.2. The molecule has 0 bridgehead atoms. The first-order chi connectivity index (χ1) is 14.6. The Hall–Kier alpha value is -2.83. The predicted octanol–water partition coefficient (Wildman–Crippen LogP) is 4.42. The van der Waals surface area contributed by atoms with Crippen LogP contribution in [0.5, 0.6) is 0 Å². The summed E-state index contributed by atoms with van der Waals surface area (Å²) in [6, 6.07) is 16.7. The number of hydrogen-bond donors (Lipinski definition) is 1. The van der Waals surface area contributed by atoms with E-state index in [-0.39, 0.29) is 5.91 Å². The summed E-state index contributed by atoms with van der Waals surface area (Å²) in [6.45, 7) is 2.61. The molecule has 1 saturated heterocycles. The monoisotopic (exact) mass is 441 g/mol. The first-order valence-corrected chi connectivity index (χ1v) is 10.5. The molecule has 0 atom stereocenters. The molecular formula is C22H21Cl2N5O. The summed E-state index contributed by atoms with van der Waals surface area (Å²) in [6.07, 6.45) is 2.08. The van der Waals surface area contributed by atoms with Crippen molar-refractivity contribution in [3.63, 3.8) is 0 Å². The van der Waals surface area contributed by atoms with Gasteiger partial charge in [-0.25, -0.2) is 4.98 Å². The molecule has 1 aliphatic rings. The number of nitrogens with zero attached hydrogens (tertiary/aromatic N) is 4. The Morgan fingerprint density at radius 3 is 2.57 bits per heavy atom. The molecule has 3 aromatic rings. The van der Waals surface area contributed by atoms with E-state index in [1.54, 1.807) is 12.3 Å². The first-order valence-electron chi connectivity index (χ1n) is 9.70. The van der Waals surface area contributed by atoms with E-state index in [0.29, 0.717) is 54.4 Å². The van der Waals surface area contributed by atoms with Gasteiger partial charge in [-0.15, -0.1) is 0 Å². The Balaban J connectivity index is 1.36. The molecule has 0 saturated carbocycles. The minimum absolute atomic E-state index is 0.104. The highest BCUT2D eigenvalue weighted by molar-refractivity contribution is 6.33. The molecule has 6 nitrogen and oxygen atoms in total. The van der Waals surface area contributed by atoms with Gasteiger partial charge >= 0.3 is 0 Å². The quantitative estimate of drug-likeness (QED) is 0.634. The highest BCUT2D eigenvalue weighted by Gasteiger charge is 2.23. The van der Waals surface area contributed by atoms with Gasteiger partial charge in [-0.2, -0.15) is 4.98 Å². The Morgan fingerprint density at radius 1 is 1.00 bits per heavy atom. The van der Waals surface area contributed by atoms with E-state index < -0.39 is 0 Å². The molecule has 1 aromatic heterocycles. The summed E-state index contributed by atoms with van der Waals surface area (Å²) in [5.74, 6) is 1.41. The van der Waals surface area contributed by atoms with Crippen LogP contribution >= 0.6 is 23.2 Å². The second-order valence-corrected chi connectivity index (χ2v) is 7.86. The smallest absolute Gasteiger partial charge is 0.227 e. The van der Waals surface area contributed by atoms with Crippen molar-refractivity contribution in [2.75, 3.05) is 36.4 Å². The van der Waals surface area contributed by atoms with E-state index in [1.165, 1.54) is 0 Å². The topological polar surface area (TPSA) is 61.4 Å². The van der Waals surface area contributed by atoms with Gasteiger partial charge < -0.3 is 15.1 Å². The molecule has 30 heavy (non-hydrogen) atoms. The van der Waals surface area contributed by atoms with Gasteiger partial charge in [0.1, 0.15) is 5.82 Å². The van der Waals surface area contributed by atoms with Crippen LogP contribution in [0.4, 0.5) is 17.5 Å². The maximum atomic E-state index is 12.6. The summed E-state index contributed by atoms with van der Waals surface area (Å²) in [5, 5.41) is 4.50. The third kappa shape index (κ3) is 5.01. The average molecular weight is 442 g/mol. The lowest BCUT2D eigenvalue weighted by molar-refractivity contribution is -0.130. The number of halogens is 2. The number of para-hydroxylation sites is 1. The van der Waals surface area contributed by atoms with Gasteiger partial charge in [-0.05, 0) is 35.9 Å². The fourth-order valence-corrected chi connectivity index (χ4v) is 3.76. The highest BCUT2D eigenvalue weighted by Crippen LogP contribution is 2.24. The van der Waals surface area contributed by atoms with Gasteiger partial charge in [0.15, 0.2) is 0 Å². The summed E-state index contributed by atoms with van der Waals surface area (Å²) in [4.78, 5) is 25.6. The molecule has 8 heteroatoms. The molecule has 2 heterocycles.